The molecule has 0 aliphatic heterocycles. The summed E-state index contributed by atoms with van der Waals surface area (Å²) >= 11 is 5.77. The molecule has 0 amide bonds. The van der Waals surface area contributed by atoms with Crippen LogP contribution in [0.5, 0.6) is 0 Å². The molecule has 1 saturated carbocycles. The second-order valence-corrected chi connectivity index (χ2v) is 4.92. The fourth-order valence-corrected chi connectivity index (χ4v) is 1.98. The first-order valence-electron chi connectivity index (χ1n) is 5.71. The molecule has 92 valence electrons. The number of hydrogen-bond donors (Lipinski definition) is 2. The van der Waals surface area contributed by atoms with Gasteiger partial charge in [-0.15, -0.1) is 0 Å². The number of rotatable bonds is 5. The number of halogens is 1. The smallest absolute Gasteiger partial charge is 0.339 e. The molecule has 0 bridgehead atoms. The van der Waals surface area contributed by atoms with Crippen molar-refractivity contribution in [3.8, 4) is 0 Å². The van der Waals surface area contributed by atoms with Crippen molar-refractivity contribution in [1.29, 1.82) is 0 Å². The molecule has 5 heteroatoms. The molecule has 0 saturated heterocycles. The van der Waals surface area contributed by atoms with E-state index >= 15 is 0 Å². The third-order valence-corrected chi connectivity index (χ3v) is 3.32. The van der Waals surface area contributed by atoms with Crippen LogP contribution in [-0.2, 0) is 0 Å². The molecule has 1 atom stereocenters. The largest absolute Gasteiger partial charge is 0.478 e. The highest BCUT2D eigenvalue weighted by Crippen LogP contribution is 2.36. The van der Waals surface area contributed by atoms with Crippen LogP contribution in [0.1, 0.15) is 30.1 Å². The summed E-state index contributed by atoms with van der Waals surface area (Å²) in [6, 6.07) is 2.96. The summed E-state index contributed by atoms with van der Waals surface area (Å²) in [5.41, 5.74) is 0.164. The van der Waals surface area contributed by atoms with Crippen molar-refractivity contribution in [3.63, 3.8) is 0 Å². The standard InChI is InChI=1S/C12H15ClN2O2/c1-7(8-2-3-8)6-14-11-9(12(16)17)4-5-10(13)15-11/h4-5,7-8H,2-3,6H2,1H3,(H,14,15)(H,16,17). The van der Waals surface area contributed by atoms with Crippen LogP contribution < -0.4 is 5.32 Å². The summed E-state index contributed by atoms with van der Waals surface area (Å²) in [6.45, 7) is 2.90. The van der Waals surface area contributed by atoms with Gasteiger partial charge >= 0.3 is 5.97 Å². The van der Waals surface area contributed by atoms with E-state index in [0.717, 1.165) is 12.5 Å². The monoisotopic (exact) mass is 254 g/mol. The first-order valence-corrected chi connectivity index (χ1v) is 6.09. The predicted octanol–water partition coefficient (Wildman–Crippen LogP) is 2.89. The summed E-state index contributed by atoms with van der Waals surface area (Å²) in [4.78, 5) is 15.0. The summed E-state index contributed by atoms with van der Waals surface area (Å²) < 4.78 is 0. The van der Waals surface area contributed by atoms with E-state index in [1.807, 2.05) is 0 Å². The van der Waals surface area contributed by atoms with Crippen LogP contribution in [0.15, 0.2) is 12.1 Å². The number of nitrogens with one attached hydrogen (secondary N) is 1. The van der Waals surface area contributed by atoms with E-state index in [-0.39, 0.29) is 5.56 Å². The average molecular weight is 255 g/mol. The van der Waals surface area contributed by atoms with Gasteiger partial charge in [0.1, 0.15) is 16.5 Å². The molecule has 4 nitrogen and oxygen atoms in total. The molecule has 1 aliphatic carbocycles. The van der Waals surface area contributed by atoms with Crippen molar-refractivity contribution < 1.29 is 9.90 Å². The maximum absolute atomic E-state index is 11.0. The molecule has 1 aromatic heterocycles. The first kappa shape index (κ1) is 12.2. The van der Waals surface area contributed by atoms with Crippen LogP contribution in [0.2, 0.25) is 5.15 Å². The number of aromatic nitrogens is 1. The highest BCUT2D eigenvalue weighted by atomic mass is 35.5. The predicted molar refractivity (Wildman–Crippen MR) is 66.6 cm³/mol. The minimum atomic E-state index is -0.990. The Hall–Kier alpha value is -1.29. The van der Waals surface area contributed by atoms with E-state index in [4.69, 9.17) is 16.7 Å². The summed E-state index contributed by atoms with van der Waals surface area (Å²) in [6.07, 6.45) is 2.55. The van der Waals surface area contributed by atoms with Gasteiger partial charge < -0.3 is 10.4 Å². The molecule has 1 aliphatic rings. The lowest BCUT2D eigenvalue weighted by atomic mass is 10.1. The second kappa shape index (κ2) is 4.92. The van der Waals surface area contributed by atoms with E-state index in [2.05, 4.69) is 17.2 Å². The van der Waals surface area contributed by atoms with Crippen LogP contribution >= 0.6 is 11.6 Å². The molecule has 0 aromatic carbocycles. The lowest BCUT2D eigenvalue weighted by molar-refractivity contribution is 0.0697. The molecule has 1 unspecified atom stereocenters. The third-order valence-electron chi connectivity index (χ3n) is 3.11. The minimum Gasteiger partial charge on any atom is -0.478 e. The number of carboxylic acids is 1. The Morgan fingerprint density at radius 2 is 2.35 bits per heavy atom. The van der Waals surface area contributed by atoms with Gasteiger partial charge in [-0.25, -0.2) is 9.78 Å². The maximum atomic E-state index is 11.0. The van der Waals surface area contributed by atoms with Gasteiger partial charge in [-0.1, -0.05) is 18.5 Å². The van der Waals surface area contributed by atoms with Crippen LogP contribution in [0.4, 0.5) is 5.82 Å². The molecule has 1 aromatic rings. The van der Waals surface area contributed by atoms with Crippen molar-refractivity contribution in [3.05, 3.63) is 22.8 Å². The third kappa shape index (κ3) is 3.09. The van der Waals surface area contributed by atoms with Gasteiger partial charge in [-0.2, -0.15) is 0 Å². The number of nitrogens with zero attached hydrogens (tertiary/aromatic N) is 1. The average Bonchev–Trinajstić information content (AvgIpc) is 3.09. The van der Waals surface area contributed by atoms with E-state index in [0.29, 0.717) is 16.9 Å². The van der Waals surface area contributed by atoms with Gasteiger partial charge in [-0.05, 0) is 36.8 Å². The van der Waals surface area contributed by atoms with Gasteiger partial charge in [0, 0.05) is 6.54 Å². The van der Waals surface area contributed by atoms with Gasteiger partial charge in [0.15, 0.2) is 0 Å². The maximum Gasteiger partial charge on any atom is 0.339 e. The number of carboxylic acid groups (broad SMARTS) is 1. The quantitative estimate of drug-likeness (QED) is 0.793. The highest BCUT2D eigenvalue weighted by molar-refractivity contribution is 6.29. The molecule has 1 fully saturated rings. The fraction of sp³-hybridized carbons (Fsp3) is 0.500. The second-order valence-electron chi connectivity index (χ2n) is 4.53. The zero-order chi connectivity index (χ0) is 12.4. The Bertz CT molecular complexity index is 433. The Morgan fingerprint density at radius 1 is 1.65 bits per heavy atom. The zero-order valence-corrected chi connectivity index (χ0v) is 10.4. The van der Waals surface area contributed by atoms with Crippen LogP contribution in [0.25, 0.3) is 0 Å². The molecule has 17 heavy (non-hydrogen) atoms. The van der Waals surface area contributed by atoms with Crippen LogP contribution in [0.3, 0.4) is 0 Å². The minimum absolute atomic E-state index is 0.164. The SMILES string of the molecule is CC(CNc1nc(Cl)ccc1C(=O)O)C1CC1. The van der Waals surface area contributed by atoms with Crippen molar-refractivity contribution in [2.45, 2.75) is 19.8 Å². The van der Waals surface area contributed by atoms with Crippen LogP contribution in [-0.4, -0.2) is 22.6 Å². The van der Waals surface area contributed by atoms with Crippen molar-refractivity contribution in [2.75, 3.05) is 11.9 Å². The number of aromatic carboxylic acids is 1. The zero-order valence-electron chi connectivity index (χ0n) is 9.61. The lowest BCUT2D eigenvalue weighted by Gasteiger charge is -2.13. The van der Waals surface area contributed by atoms with Gasteiger partial charge in [-0.3, -0.25) is 0 Å². The molecular weight excluding hydrogens is 240 g/mol. The van der Waals surface area contributed by atoms with E-state index in [1.165, 1.54) is 25.0 Å². The Morgan fingerprint density at radius 3 is 2.94 bits per heavy atom. The summed E-state index contributed by atoms with van der Waals surface area (Å²) in [7, 11) is 0. The Labute approximate surface area is 105 Å². The van der Waals surface area contributed by atoms with Crippen molar-refractivity contribution in [1.82, 2.24) is 4.98 Å². The summed E-state index contributed by atoms with van der Waals surface area (Å²) in [5, 5.41) is 12.4. The van der Waals surface area contributed by atoms with Crippen LogP contribution in [0, 0.1) is 11.8 Å². The van der Waals surface area contributed by atoms with Gasteiger partial charge in [0.2, 0.25) is 0 Å². The molecule has 1 heterocycles. The lowest BCUT2D eigenvalue weighted by Crippen LogP contribution is -2.16. The molecule has 2 N–H and O–H groups in total. The molecule has 0 spiro atoms. The Kier molecular flexibility index (Phi) is 3.52. The summed E-state index contributed by atoms with van der Waals surface area (Å²) in [5.74, 6) is 0.681. The fourth-order valence-electron chi connectivity index (χ4n) is 1.83. The highest BCUT2D eigenvalue weighted by Gasteiger charge is 2.27. The molecule has 2 rings (SSSR count). The van der Waals surface area contributed by atoms with E-state index in [1.54, 1.807) is 0 Å². The van der Waals surface area contributed by atoms with Gasteiger partial charge in [0.05, 0.1) is 0 Å². The van der Waals surface area contributed by atoms with E-state index < -0.39 is 5.97 Å². The molecule has 0 radical (unpaired) electrons. The molecular formula is C12H15ClN2O2. The van der Waals surface area contributed by atoms with Crippen molar-refractivity contribution in [2.24, 2.45) is 11.8 Å². The number of carbonyl (C=O) groups is 1. The first-order chi connectivity index (χ1) is 8.08. The topological polar surface area (TPSA) is 62.2 Å². The number of pyridine rings is 1. The Balaban J connectivity index is 2.07. The van der Waals surface area contributed by atoms with Gasteiger partial charge in [0.25, 0.3) is 0 Å². The van der Waals surface area contributed by atoms with E-state index in [9.17, 15) is 4.79 Å². The number of hydrogen-bond acceptors (Lipinski definition) is 3. The normalized spacial score (nSPS) is 16.6. The number of anilines is 1. The van der Waals surface area contributed by atoms with Crippen molar-refractivity contribution >= 4 is 23.4 Å².